The number of hydrogen-bond donors (Lipinski definition) is 1. The van der Waals surface area contributed by atoms with E-state index in [2.05, 4.69) is 39.8 Å². The minimum absolute atomic E-state index is 0.0335. The Morgan fingerprint density at radius 2 is 1.94 bits per heavy atom. The molecule has 2 nitrogen and oxygen atoms in total. The van der Waals surface area contributed by atoms with Crippen LogP contribution in [-0.4, -0.2) is 17.3 Å². The number of aliphatic hydroxyl groups excluding tert-OH is 1. The van der Waals surface area contributed by atoms with E-state index in [0.29, 0.717) is 0 Å². The maximum absolute atomic E-state index is 9.87. The Balaban J connectivity index is 2.27. The zero-order valence-corrected chi connectivity index (χ0v) is 11.9. The molecule has 1 aromatic carbocycles. The number of aryl methyl sites for hydroxylation is 1. The summed E-state index contributed by atoms with van der Waals surface area (Å²) < 4.78 is 6.05. The first-order valence-corrected chi connectivity index (χ1v) is 6.84. The number of rotatable bonds is 2. The molecule has 1 aromatic rings. The van der Waals surface area contributed by atoms with Crippen molar-refractivity contribution < 1.29 is 9.84 Å². The van der Waals surface area contributed by atoms with Gasteiger partial charge in [0.05, 0.1) is 6.10 Å². The van der Waals surface area contributed by atoms with E-state index in [9.17, 15) is 5.11 Å². The van der Waals surface area contributed by atoms with Crippen LogP contribution < -0.4 is 4.74 Å². The van der Waals surface area contributed by atoms with Gasteiger partial charge in [0.25, 0.3) is 0 Å². The van der Waals surface area contributed by atoms with Gasteiger partial charge in [-0.2, -0.15) is 0 Å². The summed E-state index contributed by atoms with van der Waals surface area (Å²) >= 11 is 0. The molecule has 0 spiro atoms. The Morgan fingerprint density at radius 3 is 2.50 bits per heavy atom. The lowest BCUT2D eigenvalue weighted by Crippen LogP contribution is -2.27. The number of hydrogen-bond acceptors (Lipinski definition) is 2. The summed E-state index contributed by atoms with van der Waals surface area (Å²) in [5.74, 6) is 0.930. The van der Waals surface area contributed by atoms with Crippen molar-refractivity contribution in [1.29, 1.82) is 0 Å². The van der Waals surface area contributed by atoms with Crippen molar-refractivity contribution >= 4 is 0 Å². The highest BCUT2D eigenvalue weighted by atomic mass is 16.5. The molecule has 0 heterocycles. The number of ether oxygens (including phenoxy) is 1. The smallest absolute Gasteiger partial charge is 0.124 e. The van der Waals surface area contributed by atoms with Gasteiger partial charge in [-0.25, -0.2) is 0 Å². The van der Waals surface area contributed by atoms with Crippen LogP contribution in [0.3, 0.4) is 0 Å². The van der Waals surface area contributed by atoms with Gasteiger partial charge in [0.2, 0.25) is 0 Å². The van der Waals surface area contributed by atoms with Crippen molar-refractivity contribution in [3.8, 4) is 5.75 Å². The maximum atomic E-state index is 9.87. The third-order valence-electron chi connectivity index (χ3n) is 3.64. The van der Waals surface area contributed by atoms with Gasteiger partial charge in [0.15, 0.2) is 0 Å². The predicted octanol–water partition coefficient (Wildman–Crippen LogP) is 3.58. The molecule has 2 rings (SSSR count). The van der Waals surface area contributed by atoms with E-state index < -0.39 is 0 Å². The molecule has 100 valence electrons. The Morgan fingerprint density at radius 1 is 1.22 bits per heavy atom. The van der Waals surface area contributed by atoms with E-state index in [-0.39, 0.29) is 17.6 Å². The van der Waals surface area contributed by atoms with Crippen molar-refractivity contribution in [2.75, 3.05) is 0 Å². The van der Waals surface area contributed by atoms with Gasteiger partial charge in [0.1, 0.15) is 11.9 Å². The van der Waals surface area contributed by atoms with Crippen LogP contribution in [0.2, 0.25) is 0 Å². The van der Waals surface area contributed by atoms with Crippen molar-refractivity contribution in [2.24, 2.45) is 0 Å². The standard InChI is InChI=1S/C16H24O2/c1-11-8-9-14(12(10-11)16(2,3)4)18-15-7-5-6-13(15)17/h8-10,13,15,17H,5-7H2,1-4H3/t13-,15-/m0/s1. The second kappa shape index (κ2) is 4.93. The van der Waals surface area contributed by atoms with Gasteiger partial charge in [-0.3, -0.25) is 0 Å². The minimum Gasteiger partial charge on any atom is -0.487 e. The van der Waals surface area contributed by atoms with Gasteiger partial charge in [0, 0.05) is 0 Å². The summed E-state index contributed by atoms with van der Waals surface area (Å²) in [5.41, 5.74) is 2.53. The van der Waals surface area contributed by atoms with E-state index in [4.69, 9.17) is 4.74 Å². The van der Waals surface area contributed by atoms with Gasteiger partial charge in [-0.1, -0.05) is 38.5 Å². The van der Waals surface area contributed by atoms with Crippen LogP contribution in [0.4, 0.5) is 0 Å². The highest BCUT2D eigenvalue weighted by Crippen LogP contribution is 2.34. The van der Waals surface area contributed by atoms with Crippen molar-refractivity contribution in [3.05, 3.63) is 29.3 Å². The maximum Gasteiger partial charge on any atom is 0.124 e. The third-order valence-corrected chi connectivity index (χ3v) is 3.64. The third kappa shape index (κ3) is 2.86. The quantitative estimate of drug-likeness (QED) is 0.866. The first kappa shape index (κ1) is 13.4. The lowest BCUT2D eigenvalue weighted by Gasteiger charge is -2.26. The summed E-state index contributed by atoms with van der Waals surface area (Å²) in [7, 11) is 0. The van der Waals surface area contributed by atoms with E-state index in [1.54, 1.807) is 0 Å². The largest absolute Gasteiger partial charge is 0.487 e. The van der Waals surface area contributed by atoms with Gasteiger partial charge >= 0.3 is 0 Å². The first-order chi connectivity index (χ1) is 8.38. The molecule has 1 aliphatic carbocycles. The average molecular weight is 248 g/mol. The molecule has 18 heavy (non-hydrogen) atoms. The molecule has 0 bridgehead atoms. The Labute approximate surface area is 110 Å². The molecule has 0 aliphatic heterocycles. The fourth-order valence-corrected chi connectivity index (χ4v) is 2.54. The van der Waals surface area contributed by atoms with Crippen LogP contribution in [0.15, 0.2) is 18.2 Å². The molecule has 1 saturated carbocycles. The average Bonchev–Trinajstić information content (AvgIpc) is 2.66. The zero-order valence-electron chi connectivity index (χ0n) is 11.9. The highest BCUT2D eigenvalue weighted by molar-refractivity contribution is 5.41. The summed E-state index contributed by atoms with van der Waals surface area (Å²) in [6, 6.07) is 6.31. The van der Waals surface area contributed by atoms with Crippen LogP contribution in [0.25, 0.3) is 0 Å². The molecule has 0 saturated heterocycles. The lowest BCUT2D eigenvalue weighted by atomic mass is 9.85. The zero-order chi connectivity index (χ0) is 13.3. The van der Waals surface area contributed by atoms with Gasteiger partial charge in [-0.15, -0.1) is 0 Å². The second-order valence-electron chi connectivity index (χ2n) is 6.40. The van der Waals surface area contributed by atoms with Crippen LogP contribution in [0, 0.1) is 6.92 Å². The molecule has 0 unspecified atom stereocenters. The van der Waals surface area contributed by atoms with Crippen molar-refractivity contribution in [2.45, 2.75) is 64.6 Å². The second-order valence-corrected chi connectivity index (χ2v) is 6.40. The fraction of sp³-hybridized carbons (Fsp3) is 0.625. The van der Waals surface area contributed by atoms with Crippen LogP contribution in [0.1, 0.15) is 51.2 Å². The fourth-order valence-electron chi connectivity index (χ4n) is 2.54. The summed E-state index contributed by atoms with van der Waals surface area (Å²) in [4.78, 5) is 0. The predicted molar refractivity (Wildman–Crippen MR) is 74.2 cm³/mol. The van der Waals surface area contributed by atoms with Crippen LogP contribution >= 0.6 is 0 Å². The minimum atomic E-state index is -0.306. The number of benzene rings is 1. The molecular weight excluding hydrogens is 224 g/mol. The molecule has 1 aliphatic rings. The van der Waals surface area contributed by atoms with Gasteiger partial charge in [-0.05, 0) is 43.2 Å². The molecule has 0 amide bonds. The SMILES string of the molecule is Cc1ccc(O[C@H]2CCC[C@@H]2O)c(C(C)(C)C)c1. The first-order valence-electron chi connectivity index (χ1n) is 6.84. The Hall–Kier alpha value is -1.02. The highest BCUT2D eigenvalue weighted by Gasteiger charge is 2.29. The summed E-state index contributed by atoms with van der Waals surface area (Å²) in [5, 5.41) is 9.87. The lowest BCUT2D eigenvalue weighted by molar-refractivity contribution is 0.0592. The summed E-state index contributed by atoms with van der Waals surface area (Å²) in [6.45, 7) is 8.68. The van der Waals surface area contributed by atoms with E-state index >= 15 is 0 Å². The molecule has 2 heteroatoms. The Bertz CT molecular complexity index is 418. The van der Waals surface area contributed by atoms with Crippen molar-refractivity contribution in [3.63, 3.8) is 0 Å². The van der Waals surface area contributed by atoms with Gasteiger partial charge < -0.3 is 9.84 Å². The molecule has 1 N–H and O–H groups in total. The van der Waals surface area contributed by atoms with E-state index in [1.165, 1.54) is 11.1 Å². The number of aliphatic hydroxyl groups is 1. The molecule has 2 atom stereocenters. The summed E-state index contributed by atoms with van der Waals surface area (Å²) in [6.07, 6.45) is 2.54. The topological polar surface area (TPSA) is 29.5 Å². The normalized spacial score (nSPS) is 24.3. The molecular formula is C16H24O2. The van der Waals surface area contributed by atoms with E-state index in [0.717, 1.165) is 25.0 Å². The van der Waals surface area contributed by atoms with Crippen LogP contribution in [-0.2, 0) is 5.41 Å². The molecule has 0 aromatic heterocycles. The Kier molecular flexibility index (Phi) is 3.67. The van der Waals surface area contributed by atoms with Crippen molar-refractivity contribution in [1.82, 2.24) is 0 Å². The molecule has 1 fully saturated rings. The van der Waals surface area contributed by atoms with Crippen LogP contribution in [0.5, 0.6) is 5.75 Å². The monoisotopic (exact) mass is 248 g/mol. The molecule has 0 radical (unpaired) electrons. The van der Waals surface area contributed by atoms with E-state index in [1.807, 2.05) is 6.07 Å².